The number of benzene rings is 2. The molecule has 0 spiro atoms. The van der Waals surface area contributed by atoms with Crippen molar-refractivity contribution in [1.82, 2.24) is 10.2 Å². The second-order valence-electron chi connectivity index (χ2n) is 6.55. The molecular weight excluding hydrogens is 439 g/mol. The highest BCUT2D eigenvalue weighted by molar-refractivity contribution is 9.10. The summed E-state index contributed by atoms with van der Waals surface area (Å²) >= 11 is 3.48. The smallest absolute Gasteiger partial charge is 0.244 e. The third-order valence-corrected chi connectivity index (χ3v) is 5.25. The van der Waals surface area contributed by atoms with Gasteiger partial charge in [-0.3, -0.25) is 5.10 Å². The largest absolute Gasteiger partial charge is 0.488 e. The van der Waals surface area contributed by atoms with E-state index in [9.17, 15) is 9.65 Å². The van der Waals surface area contributed by atoms with Gasteiger partial charge in [0.2, 0.25) is 11.8 Å². The van der Waals surface area contributed by atoms with Crippen LogP contribution in [0.1, 0.15) is 28.3 Å². The second kappa shape index (κ2) is 7.60. The van der Waals surface area contributed by atoms with Gasteiger partial charge in [0.05, 0.1) is 5.92 Å². The van der Waals surface area contributed by atoms with E-state index in [-0.39, 0.29) is 23.9 Å². The summed E-state index contributed by atoms with van der Waals surface area (Å²) in [5.41, 5.74) is 8.85. The van der Waals surface area contributed by atoms with Crippen molar-refractivity contribution in [3.8, 4) is 17.7 Å². The van der Waals surface area contributed by atoms with E-state index in [1.54, 1.807) is 24.3 Å². The molecular formula is C21H16BrFN4O2. The summed E-state index contributed by atoms with van der Waals surface area (Å²) in [6, 6.07) is 14.0. The zero-order chi connectivity index (χ0) is 20.5. The fourth-order valence-electron chi connectivity index (χ4n) is 3.36. The first kappa shape index (κ1) is 19.0. The molecule has 1 aromatic heterocycles. The first-order valence-electron chi connectivity index (χ1n) is 8.77. The van der Waals surface area contributed by atoms with Gasteiger partial charge in [-0.2, -0.15) is 5.26 Å². The lowest BCUT2D eigenvalue weighted by molar-refractivity contribution is 0.295. The molecule has 0 radical (unpaired) electrons. The van der Waals surface area contributed by atoms with Gasteiger partial charge < -0.3 is 15.2 Å². The summed E-state index contributed by atoms with van der Waals surface area (Å²) in [4.78, 5) is 0. The minimum Gasteiger partial charge on any atom is -0.488 e. The molecule has 8 heteroatoms. The highest BCUT2D eigenvalue weighted by Gasteiger charge is 2.36. The number of nitrogens with two attached hydrogens (primary N) is 1. The maximum atomic E-state index is 14.0. The molecule has 0 saturated heterocycles. The number of nitrogens with zero attached hydrogens (tertiary/aromatic N) is 2. The number of rotatable bonds is 4. The van der Waals surface area contributed by atoms with Crippen LogP contribution in [0, 0.1) is 24.1 Å². The van der Waals surface area contributed by atoms with Gasteiger partial charge in [0, 0.05) is 26.9 Å². The Bertz CT molecular complexity index is 1170. The molecule has 0 saturated carbocycles. The number of hydrogen-bond acceptors (Lipinski definition) is 5. The van der Waals surface area contributed by atoms with Crippen molar-refractivity contribution in [2.24, 2.45) is 5.73 Å². The summed E-state index contributed by atoms with van der Waals surface area (Å²) in [5, 5.41) is 16.8. The lowest BCUT2D eigenvalue weighted by Gasteiger charge is -2.25. The molecule has 3 N–H and O–H groups in total. The van der Waals surface area contributed by atoms with Crippen LogP contribution in [0.2, 0.25) is 0 Å². The Kier molecular flexibility index (Phi) is 4.99. The topological polar surface area (TPSA) is 97.0 Å². The van der Waals surface area contributed by atoms with Crippen LogP contribution < -0.4 is 15.2 Å². The number of allylic oxidation sites excluding steroid dienone is 1. The molecule has 2 aromatic carbocycles. The molecule has 6 nitrogen and oxygen atoms in total. The summed E-state index contributed by atoms with van der Waals surface area (Å²) in [6.07, 6.45) is 0. The van der Waals surface area contributed by atoms with Crippen LogP contribution in [-0.4, -0.2) is 10.2 Å². The Morgan fingerprint density at radius 1 is 1.34 bits per heavy atom. The Morgan fingerprint density at radius 3 is 2.90 bits per heavy atom. The molecule has 0 aliphatic carbocycles. The fourth-order valence-corrected chi connectivity index (χ4v) is 3.74. The predicted octanol–water partition coefficient (Wildman–Crippen LogP) is 4.42. The van der Waals surface area contributed by atoms with E-state index >= 15 is 0 Å². The second-order valence-corrected chi connectivity index (χ2v) is 7.47. The normalized spacial score (nSPS) is 15.4. The zero-order valence-corrected chi connectivity index (χ0v) is 17.0. The highest BCUT2D eigenvalue weighted by atomic mass is 79.9. The SMILES string of the molecule is Cc1[nH]nc2c1[C@@H](c1cc(Br)ccc1OCc1ccccc1F)C(C#N)=C(N)O2. The van der Waals surface area contributed by atoms with Gasteiger partial charge in [0.1, 0.15) is 29.8 Å². The molecule has 0 bridgehead atoms. The standard InChI is InChI=1S/C21H16BrFN4O2/c1-11-18-19(15(9-24)20(25)29-21(18)27-26-11)14-8-13(22)6-7-17(14)28-10-12-4-2-3-5-16(12)23/h2-8,19H,10,25H2,1H3,(H,26,27)/t19-/m0/s1. The van der Waals surface area contributed by atoms with E-state index in [0.29, 0.717) is 28.3 Å². The molecule has 0 amide bonds. The average molecular weight is 455 g/mol. The van der Waals surface area contributed by atoms with Crippen molar-refractivity contribution >= 4 is 15.9 Å². The lowest BCUT2D eigenvalue weighted by Crippen LogP contribution is -2.21. The van der Waals surface area contributed by atoms with E-state index in [2.05, 4.69) is 32.2 Å². The van der Waals surface area contributed by atoms with Crippen molar-refractivity contribution in [3.05, 3.63) is 86.6 Å². The molecule has 3 aromatic rings. The highest BCUT2D eigenvalue weighted by Crippen LogP contribution is 2.46. The number of H-pyrrole nitrogens is 1. The van der Waals surface area contributed by atoms with Gasteiger partial charge in [-0.25, -0.2) is 4.39 Å². The molecule has 0 fully saturated rings. The van der Waals surface area contributed by atoms with Crippen LogP contribution >= 0.6 is 15.9 Å². The molecule has 2 heterocycles. The number of aryl methyl sites for hydroxylation is 1. The first-order valence-corrected chi connectivity index (χ1v) is 9.57. The van der Waals surface area contributed by atoms with Crippen LogP contribution in [0.5, 0.6) is 11.6 Å². The van der Waals surface area contributed by atoms with Gasteiger partial charge in [-0.1, -0.05) is 34.1 Å². The van der Waals surface area contributed by atoms with Gasteiger partial charge in [0.25, 0.3) is 0 Å². The van der Waals surface area contributed by atoms with E-state index in [1.165, 1.54) is 6.07 Å². The lowest BCUT2D eigenvalue weighted by atomic mass is 9.83. The molecule has 4 rings (SSSR count). The average Bonchev–Trinajstić information content (AvgIpc) is 3.07. The van der Waals surface area contributed by atoms with E-state index < -0.39 is 5.92 Å². The van der Waals surface area contributed by atoms with Gasteiger partial charge in [0.15, 0.2) is 0 Å². The quantitative estimate of drug-likeness (QED) is 0.607. The number of aromatic nitrogens is 2. The third kappa shape index (κ3) is 3.45. The van der Waals surface area contributed by atoms with Crippen molar-refractivity contribution < 1.29 is 13.9 Å². The molecule has 1 atom stereocenters. The molecule has 0 unspecified atom stereocenters. The van der Waals surface area contributed by atoms with Gasteiger partial charge >= 0.3 is 0 Å². The van der Waals surface area contributed by atoms with Crippen molar-refractivity contribution in [3.63, 3.8) is 0 Å². The molecule has 29 heavy (non-hydrogen) atoms. The van der Waals surface area contributed by atoms with Crippen LogP contribution in [-0.2, 0) is 6.61 Å². The predicted molar refractivity (Wildman–Crippen MR) is 107 cm³/mol. The number of nitrogens with one attached hydrogen (secondary N) is 1. The molecule has 1 aliphatic rings. The van der Waals surface area contributed by atoms with Gasteiger partial charge in [-0.15, -0.1) is 5.10 Å². The van der Waals surface area contributed by atoms with Crippen LogP contribution in [0.25, 0.3) is 0 Å². The summed E-state index contributed by atoms with van der Waals surface area (Å²) in [5.74, 6) is -0.0429. The third-order valence-electron chi connectivity index (χ3n) is 4.75. The number of hydrogen-bond donors (Lipinski definition) is 2. The van der Waals surface area contributed by atoms with E-state index in [0.717, 1.165) is 10.2 Å². The van der Waals surface area contributed by atoms with E-state index in [4.69, 9.17) is 15.2 Å². The summed E-state index contributed by atoms with van der Waals surface area (Å²) in [7, 11) is 0. The summed E-state index contributed by atoms with van der Waals surface area (Å²) in [6.45, 7) is 1.89. The number of aromatic amines is 1. The van der Waals surface area contributed by atoms with Crippen LogP contribution in [0.15, 0.2) is 58.4 Å². The van der Waals surface area contributed by atoms with Crippen molar-refractivity contribution in [2.45, 2.75) is 19.4 Å². The van der Waals surface area contributed by atoms with Crippen molar-refractivity contribution in [2.75, 3.05) is 0 Å². The Morgan fingerprint density at radius 2 is 2.14 bits per heavy atom. The first-order chi connectivity index (χ1) is 14.0. The molecule has 1 aliphatic heterocycles. The monoisotopic (exact) mass is 454 g/mol. The number of nitriles is 1. The maximum absolute atomic E-state index is 14.0. The summed E-state index contributed by atoms with van der Waals surface area (Å²) < 4.78 is 26.3. The Balaban J connectivity index is 1.80. The Labute approximate surface area is 174 Å². The van der Waals surface area contributed by atoms with Crippen LogP contribution in [0.4, 0.5) is 4.39 Å². The zero-order valence-electron chi connectivity index (χ0n) is 15.4. The van der Waals surface area contributed by atoms with E-state index in [1.807, 2.05) is 19.1 Å². The number of halogens is 2. The number of ether oxygens (including phenoxy) is 2. The van der Waals surface area contributed by atoms with Gasteiger partial charge in [-0.05, 0) is 31.2 Å². The Hall–Kier alpha value is -3.31. The van der Waals surface area contributed by atoms with Crippen LogP contribution in [0.3, 0.4) is 0 Å². The van der Waals surface area contributed by atoms with Crippen molar-refractivity contribution in [1.29, 1.82) is 5.26 Å². The fraction of sp³-hybridized carbons (Fsp3) is 0.143. The minimum absolute atomic E-state index is 0.00321. The molecule has 146 valence electrons. The minimum atomic E-state index is -0.532. The maximum Gasteiger partial charge on any atom is 0.244 e. The number of fused-ring (bicyclic) bond motifs is 1.